The van der Waals surface area contributed by atoms with Crippen LogP contribution in [0, 0.1) is 5.82 Å². The van der Waals surface area contributed by atoms with Crippen LogP contribution in [-0.2, 0) is 6.18 Å². The lowest BCUT2D eigenvalue weighted by molar-refractivity contribution is -0.139. The van der Waals surface area contributed by atoms with Crippen molar-refractivity contribution < 1.29 is 22.7 Å². The summed E-state index contributed by atoms with van der Waals surface area (Å²) in [5.74, 6) is -0.776. The maximum Gasteiger partial charge on any atom is 0.416 e. The fraction of sp³-hybridized carbons (Fsp3) is 0.143. The summed E-state index contributed by atoms with van der Waals surface area (Å²) >= 11 is 6.06. The molecule has 1 atom stereocenters. The predicted octanol–water partition coefficient (Wildman–Crippen LogP) is 5.45. The van der Waals surface area contributed by atoms with Crippen LogP contribution in [0.2, 0.25) is 0 Å². The van der Waals surface area contributed by atoms with E-state index in [4.69, 9.17) is 0 Å². The number of benzene rings is 2. The highest BCUT2D eigenvalue weighted by atomic mass is 79.9. The minimum atomic E-state index is -4.65. The molecule has 2 rings (SSSR count). The predicted molar refractivity (Wildman–Crippen MR) is 77.3 cm³/mol. The highest BCUT2D eigenvalue weighted by Gasteiger charge is 2.36. The van der Waals surface area contributed by atoms with Crippen molar-refractivity contribution in [2.75, 3.05) is 0 Å². The van der Waals surface area contributed by atoms with Crippen LogP contribution in [0.4, 0.5) is 17.6 Å². The van der Waals surface area contributed by atoms with E-state index in [1.165, 1.54) is 18.2 Å². The molecule has 0 aliphatic heterocycles. The first-order chi connectivity index (χ1) is 9.70. The molecule has 0 bridgehead atoms. The van der Waals surface area contributed by atoms with Crippen LogP contribution in [0.1, 0.15) is 22.8 Å². The van der Waals surface area contributed by atoms with Crippen molar-refractivity contribution in [3.63, 3.8) is 0 Å². The lowest BCUT2D eigenvalue weighted by atomic mass is 9.96. The first kappa shape index (κ1) is 16.5. The number of halogens is 6. The van der Waals surface area contributed by atoms with Gasteiger partial charge >= 0.3 is 6.18 Å². The Hall–Kier alpha value is -0.920. The molecule has 0 saturated carbocycles. The molecule has 0 heterocycles. The van der Waals surface area contributed by atoms with E-state index in [1.807, 2.05) is 0 Å². The van der Waals surface area contributed by atoms with E-state index in [0.29, 0.717) is 4.47 Å². The van der Waals surface area contributed by atoms with Gasteiger partial charge in [0.05, 0.1) is 5.56 Å². The minimum absolute atomic E-state index is 0.223. The van der Waals surface area contributed by atoms with E-state index >= 15 is 0 Å². The Kier molecular flexibility index (Phi) is 4.75. The van der Waals surface area contributed by atoms with E-state index in [9.17, 15) is 22.7 Å². The first-order valence-corrected chi connectivity index (χ1v) is 7.28. The molecule has 0 fully saturated rings. The van der Waals surface area contributed by atoms with Crippen LogP contribution in [-0.4, -0.2) is 5.11 Å². The van der Waals surface area contributed by atoms with Crippen molar-refractivity contribution in [2.45, 2.75) is 12.3 Å². The summed E-state index contributed by atoms with van der Waals surface area (Å²) in [6, 6.07) is 7.07. The Balaban J connectivity index is 2.58. The van der Waals surface area contributed by atoms with Crippen molar-refractivity contribution in [2.24, 2.45) is 0 Å². The number of alkyl halides is 3. The molecule has 0 spiro atoms. The average Bonchev–Trinajstić information content (AvgIpc) is 2.40. The fourth-order valence-electron chi connectivity index (χ4n) is 1.90. The molecule has 0 radical (unpaired) electrons. The highest BCUT2D eigenvalue weighted by Crippen LogP contribution is 2.38. The third kappa shape index (κ3) is 3.64. The van der Waals surface area contributed by atoms with Crippen molar-refractivity contribution in [1.29, 1.82) is 0 Å². The minimum Gasteiger partial charge on any atom is -0.384 e. The molecule has 0 aromatic heterocycles. The Morgan fingerprint density at radius 1 is 0.905 bits per heavy atom. The lowest BCUT2D eigenvalue weighted by Crippen LogP contribution is -2.13. The molecular weight excluding hydrogens is 420 g/mol. The second-order valence-corrected chi connectivity index (χ2v) is 6.13. The fourth-order valence-corrected chi connectivity index (χ4v) is 2.64. The maximum absolute atomic E-state index is 13.7. The van der Waals surface area contributed by atoms with Crippen LogP contribution >= 0.6 is 31.9 Å². The molecule has 0 saturated heterocycles. The molecule has 2 aromatic carbocycles. The Labute approximate surface area is 134 Å². The number of rotatable bonds is 2. The maximum atomic E-state index is 13.7. The SMILES string of the molecule is OC(c1cc(Br)ccc1F)c1ccc(Br)cc1C(F)(F)F. The van der Waals surface area contributed by atoms with Gasteiger partial charge in [0.1, 0.15) is 11.9 Å². The van der Waals surface area contributed by atoms with Gasteiger partial charge < -0.3 is 5.11 Å². The smallest absolute Gasteiger partial charge is 0.384 e. The third-order valence-corrected chi connectivity index (χ3v) is 3.85. The summed E-state index contributed by atoms with van der Waals surface area (Å²) in [5.41, 5.74) is -1.64. The van der Waals surface area contributed by atoms with Crippen LogP contribution in [0.25, 0.3) is 0 Å². The second-order valence-electron chi connectivity index (χ2n) is 4.30. The van der Waals surface area contributed by atoms with Gasteiger partial charge in [0.2, 0.25) is 0 Å². The third-order valence-electron chi connectivity index (χ3n) is 2.87. The Bertz CT molecular complexity index is 671. The Morgan fingerprint density at radius 2 is 1.48 bits per heavy atom. The molecule has 0 amide bonds. The van der Waals surface area contributed by atoms with Crippen LogP contribution in [0.15, 0.2) is 45.3 Å². The molecule has 2 aromatic rings. The van der Waals surface area contributed by atoms with Crippen molar-refractivity contribution in [3.8, 4) is 0 Å². The quantitative estimate of drug-likeness (QED) is 0.631. The molecule has 21 heavy (non-hydrogen) atoms. The number of aliphatic hydroxyl groups excluding tert-OH is 1. The summed E-state index contributed by atoms with van der Waals surface area (Å²) in [5, 5.41) is 10.2. The van der Waals surface area contributed by atoms with E-state index in [0.717, 1.165) is 18.2 Å². The molecule has 7 heteroatoms. The number of aliphatic hydroxyl groups is 1. The summed E-state index contributed by atoms with van der Waals surface area (Å²) in [6.07, 6.45) is -6.37. The van der Waals surface area contributed by atoms with E-state index in [-0.39, 0.29) is 10.0 Å². The van der Waals surface area contributed by atoms with Gasteiger partial charge in [-0.15, -0.1) is 0 Å². The zero-order valence-electron chi connectivity index (χ0n) is 10.3. The summed E-state index contributed by atoms with van der Waals surface area (Å²) in [6.45, 7) is 0. The second kappa shape index (κ2) is 6.06. The molecular formula is C14H8Br2F4O. The molecule has 1 nitrogen and oxygen atoms in total. The van der Waals surface area contributed by atoms with Crippen molar-refractivity contribution >= 4 is 31.9 Å². The van der Waals surface area contributed by atoms with Gasteiger partial charge in [-0.1, -0.05) is 37.9 Å². The van der Waals surface area contributed by atoms with Crippen molar-refractivity contribution in [3.05, 3.63) is 67.9 Å². The van der Waals surface area contributed by atoms with Gasteiger partial charge in [-0.3, -0.25) is 0 Å². The molecule has 1 unspecified atom stereocenters. The van der Waals surface area contributed by atoms with Crippen molar-refractivity contribution in [1.82, 2.24) is 0 Å². The Morgan fingerprint density at radius 3 is 2.10 bits per heavy atom. The normalized spacial score (nSPS) is 13.3. The van der Waals surface area contributed by atoms with E-state index in [1.54, 1.807) is 0 Å². The van der Waals surface area contributed by atoms with Gasteiger partial charge in [-0.25, -0.2) is 4.39 Å². The van der Waals surface area contributed by atoms with E-state index in [2.05, 4.69) is 31.9 Å². The van der Waals surface area contributed by atoms with E-state index < -0.39 is 29.2 Å². The number of hydrogen-bond acceptors (Lipinski definition) is 1. The van der Waals surface area contributed by atoms with Gasteiger partial charge in [-0.2, -0.15) is 13.2 Å². The topological polar surface area (TPSA) is 20.2 Å². The monoisotopic (exact) mass is 426 g/mol. The highest BCUT2D eigenvalue weighted by molar-refractivity contribution is 9.10. The summed E-state index contributed by atoms with van der Waals surface area (Å²) in [7, 11) is 0. The zero-order valence-corrected chi connectivity index (χ0v) is 13.4. The first-order valence-electron chi connectivity index (χ1n) is 5.70. The molecule has 112 valence electrons. The summed E-state index contributed by atoms with van der Waals surface area (Å²) < 4.78 is 53.6. The van der Waals surface area contributed by atoms with Crippen LogP contribution in [0.5, 0.6) is 0 Å². The summed E-state index contributed by atoms with van der Waals surface area (Å²) in [4.78, 5) is 0. The molecule has 0 aliphatic rings. The van der Waals surface area contributed by atoms with Crippen LogP contribution < -0.4 is 0 Å². The zero-order chi connectivity index (χ0) is 15.8. The molecule has 0 aliphatic carbocycles. The van der Waals surface area contributed by atoms with Gasteiger partial charge in [0, 0.05) is 14.5 Å². The van der Waals surface area contributed by atoms with Gasteiger partial charge in [0.25, 0.3) is 0 Å². The lowest BCUT2D eigenvalue weighted by Gasteiger charge is -2.19. The molecule has 1 N–H and O–H groups in total. The van der Waals surface area contributed by atoms with Gasteiger partial charge in [-0.05, 0) is 35.9 Å². The number of hydrogen-bond donors (Lipinski definition) is 1. The largest absolute Gasteiger partial charge is 0.416 e. The standard InChI is InChI=1S/C14H8Br2F4O/c15-7-2-4-12(17)10(5-7)13(21)9-3-1-8(16)6-11(9)14(18,19)20/h1-6,13,21H. The average molecular weight is 428 g/mol. The van der Waals surface area contributed by atoms with Crippen LogP contribution in [0.3, 0.4) is 0 Å². The van der Waals surface area contributed by atoms with Gasteiger partial charge in [0.15, 0.2) is 0 Å².